The number of aromatic nitrogens is 2. The van der Waals surface area contributed by atoms with Gasteiger partial charge in [0.05, 0.1) is 36.0 Å². The summed E-state index contributed by atoms with van der Waals surface area (Å²) in [6, 6.07) is 10.1. The van der Waals surface area contributed by atoms with Crippen molar-refractivity contribution >= 4 is 22.0 Å². The molecule has 6 nitrogen and oxygen atoms in total. The summed E-state index contributed by atoms with van der Waals surface area (Å²) in [5.74, 6) is 0. The van der Waals surface area contributed by atoms with E-state index in [0.29, 0.717) is 6.61 Å². The van der Waals surface area contributed by atoms with E-state index < -0.39 is 0 Å². The van der Waals surface area contributed by atoms with Crippen molar-refractivity contribution in [1.82, 2.24) is 15.3 Å². The van der Waals surface area contributed by atoms with Crippen LogP contribution in [0.15, 0.2) is 53.4 Å². The van der Waals surface area contributed by atoms with Crippen LogP contribution in [0.4, 0.5) is 0 Å². The summed E-state index contributed by atoms with van der Waals surface area (Å²) in [5, 5.41) is 4.47. The highest BCUT2D eigenvalue weighted by Crippen LogP contribution is 2.33. The summed E-state index contributed by atoms with van der Waals surface area (Å²) in [6.45, 7) is 4.32. The standard InChI is InChI=1S/C22H22N4O2/c1-13-12-28-19-10-14(2-3-16(13)19)17-8-15(9-18-22(17)26-5-4-25-18)21(23)20-11-24-6-7-27-20/h2-5,8-10,12,20-21,24H,6-7,11,23H2,1H3. The van der Waals surface area contributed by atoms with Crippen molar-refractivity contribution in [2.45, 2.75) is 19.1 Å². The van der Waals surface area contributed by atoms with Crippen molar-refractivity contribution in [3.8, 4) is 11.1 Å². The maximum atomic E-state index is 6.57. The van der Waals surface area contributed by atoms with Crippen LogP contribution in [-0.2, 0) is 4.74 Å². The number of nitrogens with one attached hydrogen (secondary N) is 1. The van der Waals surface area contributed by atoms with Crippen molar-refractivity contribution in [2.75, 3.05) is 19.7 Å². The smallest absolute Gasteiger partial charge is 0.134 e. The number of hydrogen-bond donors (Lipinski definition) is 2. The summed E-state index contributed by atoms with van der Waals surface area (Å²) < 4.78 is 11.6. The minimum Gasteiger partial charge on any atom is -0.464 e. The van der Waals surface area contributed by atoms with Crippen LogP contribution < -0.4 is 11.1 Å². The van der Waals surface area contributed by atoms with E-state index in [4.69, 9.17) is 14.9 Å². The Kier molecular flexibility index (Phi) is 4.31. The molecule has 0 bridgehead atoms. The monoisotopic (exact) mass is 374 g/mol. The van der Waals surface area contributed by atoms with Crippen molar-refractivity contribution in [3.63, 3.8) is 0 Å². The summed E-state index contributed by atoms with van der Waals surface area (Å²) in [5.41, 5.74) is 13.3. The fourth-order valence-corrected chi connectivity index (χ4v) is 3.87. The van der Waals surface area contributed by atoms with Crippen molar-refractivity contribution in [3.05, 3.63) is 60.1 Å². The third-order valence-corrected chi connectivity index (χ3v) is 5.42. The molecule has 0 spiro atoms. The summed E-state index contributed by atoms with van der Waals surface area (Å²) in [6.07, 6.45) is 5.14. The predicted molar refractivity (Wildman–Crippen MR) is 109 cm³/mol. The number of hydrogen-bond acceptors (Lipinski definition) is 6. The Hall–Kier alpha value is -2.80. The Morgan fingerprint density at radius 2 is 2.07 bits per heavy atom. The number of furan rings is 1. The van der Waals surface area contributed by atoms with E-state index in [1.54, 1.807) is 18.7 Å². The van der Waals surface area contributed by atoms with E-state index in [-0.39, 0.29) is 12.1 Å². The highest BCUT2D eigenvalue weighted by molar-refractivity contribution is 5.95. The third kappa shape index (κ3) is 2.96. The topological polar surface area (TPSA) is 86.2 Å². The van der Waals surface area contributed by atoms with Gasteiger partial charge in [-0.05, 0) is 41.8 Å². The number of nitrogens with zero attached hydrogens (tertiary/aromatic N) is 2. The molecule has 2 aromatic carbocycles. The van der Waals surface area contributed by atoms with Crippen LogP contribution in [0.1, 0.15) is 17.2 Å². The van der Waals surface area contributed by atoms with E-state index in [9.17, 15) is 0 Å². The molecule has 1 saturated heterocycles. The van der Waals surface area contributed by atoms with Gasteiger partial charge in [0.15, 0.2) is 0 Å². The van der Waals surface area contributed by atoms with Gasteiger partial charge in [0.1, 0.15) is 5.58 Å². The second-order valence-corrected chi connectivity index (χ2v) is 7.26. The molecule has 2 atom stereocenters. The molecular formula is C22H22N4O2. The summed E-state index contributed by atoms with van der Waals surface area (Å²) in [4.78, 5) is 9.10. The van der Waals surface area contributed by atoms with Gasteiger partial charge in [0.2, 0.25) is 0 Å². The number of fused-ring (bicyclic) bond motifs is 2. The normalized spacial score (nSPS) is 18.6. The van der Waals surface area contributed by atoms with Crippen molar-refractivity contribution in [2.24, 2.45) is 5.73 Å². The van der Waals surface area contributed by atoms with Gasteiger partial charge in [-0.2, -0.15) is 0 Å². The Labute approximate surface area is 162 Å². The van der Waals surface area contributed by atoms with Crippen LogP contribution in [0.3, 0.4) is 0 Å². The fraction of sp³-hybridized carbons (Fsp3) is 0.273. The largest absolute Gasteiger partial charge is 0.464 e. The molecule has 0 aliphatic carbocycles. The van der Waals surface area contributed by atoms with Gasteiger partial charge in [-0.3, -0.25) is 9.97 Å². The second-order valence-electron chi connectivity index (χ2n) is 7.26. The number of aryl methyl sites for hydroxylation is 1. The van der Waals surface area contributed by atoms with Crippen LogP contribution in [0.5, 0.6) is 0 Å². The third-order valence-electron chi connectivity index (χ3n) is 5.42. The number of rotatable bonds is 3. The molecule has 1 aliphatic rings. The number of ether oxygens (including phenoxy) is 1. The number of nitrogens with two attached hydrogens (primary N) is 1. The molecule has 1 aliphatic heterocycles. The summed E-state index contributed by atoms with van der Waals surface area (Å²) in [7, 11) is 0. The molecular weight excluding hydrogens is 352 g/mol. The van der Waals surface area contributed by atoms with Crippen LogP contribution >= 0.6 is 0 Å². The van der Waals surface area contributed by atoms with Gasteiger partial charge >= 0.3 is 0 Å². The van der Waals surface area contributed by atoms with E-state index in [2.05, 4.69) is 39.6 Å². The molecule has 142 valence electrons. The first-order valence-electron chi connectivity index (χ1n) is 9.51. The van der Waals surface area contributed by atoms with Gasteiger partial charge in [-0.15, -0.1) is 0 Å². The Morgan fingerprint density at radius 1 is 1.18 bits per heavy atom. The second kappa shape index (κ2) is 6.98. The van der Waals surface area contributed by atoms with Crippen LogP contribution in [0.25, 0.3) is 33.1 Å². The molecule has 2 aromatic heterocycles. The van der Waals surface area contributed by atoms with Crippen molar-refractivity contribution in [1.29, 1.82) is 0 Å². The van der Waals surface area contributed by atoms with E-state index in [1.807, 2.05) is 13.0 Å². The number of morpholine rings is 1. The summed E-state index contributed by atoms with van der Waals surface area (Å²) >= 11 is 0. The zero-order valence-electron chi connectivity index (χ0n) is 15.7. The highest BCUT2D eigenvalue weighted by atomic mass is 16.5. The predicted octanol–water partition coefficient (Wildman–Crippen LogP) is 3.34. The average Bonchev–Trinajstić information content (AvgIpc) is 3.13. The highest BCUT2D eigenvalue weighted by Gasteiger charge is 2.24. The molecule has 0 saturated carbocycles. The lowest BCUT2D eigenvalue weighted by atomic mass is 9.94. The minimum absolute atomic E-state index is 0.0640. The zero-order valence-corrected chi connectivity index (χ0v) is 15.7. The average molecular weight is 374 g/mol. The Morgan fingerprint density at radius 3 is 2.93 bits per heavy atom. The fourth-order valence-electron chi connectivity index (χ4n) is 3.87. The molecule has 0 radical (unpaired) electrons. The Bertz CT molecular complexity index is 1150. The van der Waals surface area contributed by atoms with Gasteiger partial charge < -0.3 is 20.2 Å². The van der Waals surface area contributed by atoms with Crippen LogP contribution in [-0.4, -0.2) is 35.8 Å². The molecule has 3 N–H and O–H groups in total. The lowest BCUT2D eigenvalue weighted by Crippen LogP contribution is -2.44. The van der Waals surface area contributed by atoms with E-state index in [1.165, 1.54) is 0 Å². The van der Waals surface area contributed by atoms with Gasteiger partial charge in [0, 0.05) is 36.4 Å². The molecule has 6 heteroatoms. The van der Waals surface area contributed by atoms with Crippen LogP contribution in [0, 0.1) is 6.92 Å². The van der Waals surface area contributed by atoms with Gasteiger partial charge in [0.25, 0.3) is 0 Å². The lowest BCUT2D eigenvalue weighted by molar-refractivity contribution is 0.0122. The molecule has 3 heterocycles. The quantitative estimate of drug-likeness (QED) is 0.572. The minimum atomic E-state index is -0.243. The maximum Gasteiger partial charge on any atom is 0.134 e. The van der Waals surface area contributed by atoms with Crippen molar-refractivity contribution < 1.29 is 9.15 Å². The molecule has 28 heavy (non-hydrogen) atoms. The van der Waals surface area contributed by atoms with E-state index >= 15 is 0 Å². The first-order chi connectivity index (χ1) is 13.7. The first kappa shape index (κ1) is 17.3. The van der Waals surface area contributed by atoms with Gasteiger partial charge in [-0.1, -0.05) is 12.1 Å². The molecule has 4 aromatic rings. The lowest BCUT2D eigenvalue weighted by Gasteiger charge is -2.29. The zero-order chi connectivity index (χ0) is 19.1. The molecule has 0 amide bonds. The van der Waals surface area contributed by atoms with Crippen LogP contribution in [0.2, 0.25) is 0 Å². The SMILES string of the molecule is Cc1coc2cc(-c3cc(C(N)C4CNCCO4)cc4nccnc34)ccc12. The van der Waals surface area contributed by atoms with Gasteiger partial charge in [-0.25, -0.2) is 0 Å². The Balaban J connectivity index is 1.65. The van der Waals surface area contributed by atoms with E-state index in [0.717, 1.165) is 57.3 Å². The molecule has 5 rings (SSSR count). The first-order valence-corrected chi connectivity index (χ1v) is 9.51. The molecule has 2 unspecified atom stereocenters. The maximum absolute atomic E-state index is 6.57. The number of benzene rings is 2. The molecule has 1 fully saturated rings.